The molecule has 0 spiro atoms. The number of piperazine rings is 1. The van der Waals surface area contributed by atoms with Crippen LogP contribution in [0.2, 0.25) is 0 Å². The number of hydrogen-bond donors (Lipinski definition) is 0. The maximum absolute atomic E-state index is 12.2. The number of benzene rings is 2. The topological polar surface area (TPSA) is 32.8 Å². The summed E-state index contributed by atoms with van der Waals surface area (Å²) in [6, 6.07) is 20.0. The summed E-state index contributed by atoms with van der Waals surface area (Å²) in [5.41, 5.74) is 2.04. The first-order valence-corrected chi connectivity index (χ1v) is 9.37. The molecular weight excluding hydrogens is 324 g/mol. The Kier molecular flexibility index (Phi) is 6.95. The Balaban J connectivity index is 1.42. The van der Waals surface area contributed by atoms with Crippen LogP contribution in [0.5, 0.6) is 0 Å². The van der Waals surface area contributed by atoms with Gasteiger partial charge >= 0.3 is 0 Å². The second-order valence-corrected chi connectivity index (χ2v) is 6.82. The smallest absolute Gasteiger partial charge is 0.164 e. The Bertz CT molecular complexity index is 667. The van der Waals surface area contributed by atoms with E-state index in [1.54, 1.807) is 7.11 Å². The summed E-state index contributed by atoms with van der Waals surface area (Å²) >= 11 is 0. The molecule has 0 bridgehead atoms. The van der Waals surface area contributed by atoms with Crippen LogP contribution < -0.4 is 0 Å². The number of carbonyl (C=O) groups is 1. The molecule has 0 saturated carbocycles. The minimum absolute atomic E-state index is 0.113. The predicted molar refractivity (Wildman–Crippen MR) is 104 cm³/mol. The zero-order chi connectivity index (χ0) is 18.2. The monoisotopic (exact) mass is 352 g/mol. The van der Waals surface area contributed by atoms with Crippen molar-refractivity contribution in [3.63, 3.8) is 0 Å². The minimum atomic E-state index is 0.113. The van der Waals surface area contributed by atoms with Crippen LogP contribution in [0.15, 0.2) is 60.7 Å². The number of ether oxygens (including phenoxy) is 1. The minimum Gasteiger partial charge on any atom is -0.375 e. The van der Waals surface area contributed by atoms with Gasteiger partial charge in [-0.05, 0) is 5.56 Å². The number of rotatable bonds is 8. The van der Waals surface area contributed by atoms with E-state index >= 15 is 0 Å². The van der Waals surface area contributed by atoms with E-state index < -0.39 is 0 Å². The van der Waals surface area contributed by atoms with Crippen molar-refractivity contribution >= 4 is 5.78 Å². The normalized spacial score (nSPS) is 17.1. The Morgan fingerprint density at radius 3 is 2.12 bits per heavy atom. The van der Waals surface area contributed by atoms with Crippen LogP contribution >= 0.6 is 0 Å². The number of nitrogens with zero attached hydrogens (tertiary/aromatic N) is 2. The third-order valence-corrected chi connectivity index (χ3v) is 5.10. The van der Waals surface area contributed by atoms with Crippen LogP contribution in [0.3, 0.4) is 0 Å². The van der Waals surface area contributed by atoms with Crippen LogP contribution in [0.1, 0.15) is 28.4 Å². The Morgan fingerprint density at radius 1 is 0.923 bits per heavy atom. The zero-order valence-corrected chi connectivity index (χ0v) is 15.5. The fourth-order valence-corrected chi connectivity index (χ4v) is 3.44. The molecule has 2 aromatic carbocycles. The summed E-state index contributed by atoms with van der Waals surface area (Å²) in [6.07, 6.45) is 0.705. The standard InChI is InChI=1S/C22H28N2O2/c1-26-22(20-10-6-3-7-11-20)18-24-16-14-23(15-17-24)13-12-21(25)19-8-4-2-5-9-19/h2-11,22H,12-18H2,1H3/t22-/m0/s1. The van der Waals surface area contributed by atoms with Gasteiger partial charge in [-0.1, -0.05) is 60.7 Å². The lowest BCUT2D eigenvalue weighted by molar-refractivity contribution is 0.0416. The van der Waals surface area contributed by atoms with Crippen molar-refractivity contribution in [1.29, 1.82) is 0 Å². The molecule has 4 heteroatoms. The van der Waals surface area contributed by atoms with Gasteiger partial charge in [0, 0.05) is 58.4 Å². The lowest BCUT2D eigenvalue weighted by Crippen LogP contribution is -2.48. The lowest BCUT2D eigenvalue weighted by Gasteiger charge is -2.36. The van der Waals surface area contributed by atoms with Crippen molar-refractivity contribution in [1.82, 2.24) is 9.80 Å². The van der Waals surface area contributed by atoms with E-state index in [9.17, 15) is 4.79 Å². The molecule has 1 saturated heterocycles. The highest BCUT2D eigenvalue weighted by atomic mass is 16.5. The largest absolute Gasteiger partial charge is 0.375 e. The van der Waals surface area contributed by atoms with E-state index in [-0.39, 0.29) is 11.9 Å². The van der Waals surface area contributed by atoms with Gasteiger partial charge in [0.25, 0.3) is 0 Å². The van der Waals surface area contributed by atoms with Crippen molar-refractivity contribution < 1.29 is 9.53 Å². The van der Waals surface area contributed by atoms with Gasteiger partial charge in [-0.2, -0.15) is 0 Å². The maximum atomic E-state index is 12.2. The van der Waals surface area contributed by atoms with E-state index in [0.717, 1.165) is 44.8 Å². The van der Waals surface area contributed by atoms with Gasteiger partial charge in [0.05, 0.1) is 6.10 Å². The molecule has 0 aliphatic carbocycles. The van der Waals surface area contributed by atoms with Crippen LogP contribution in [-0.4, -0.2) is 62.0 Å². The highest BCUT2D eigenvalue weighted by Gasteiger charge is 2.21. The highest BCUT2D eigenvalue weighted by molar-refractivity contribution is 5.96. The van der Waals surface area contributed by atoms with Crippen LogP contribution in [0.4, 0.5) is 0 Å². The summed E-state index contributed by atoms with van der Waals surface area (Å²) in [7, 11) is 1.78. The van der Waals surface area contributed by atoms with Gasteiger partial charge in [-0.25, -0.2) is 0 Å². The molecule has 0 amide bonds. The molecule has 1 heterocycles. The van der Waals surface area contributed by atoms with Crippen molar-refractivity contribution in [2.24, 2.45) is 0 Å². The van der Waals surface area contributed by atoms with E-state index in [1.165, 1.54) is 5.56 Å². The molecule has 1 fully saturated rings. The van der Waals surface area contributed by atoms with Gasteiger partial charge < -0.3 is 9.64 Å². The van der Waals surface area contributed by atoms with Gasteiger partial charge in [0.1, 0.15) is 0 Å². The average Bonchev–Trinajstić information content (AvgIpc) is 2.72. The Labute approximate surface area is 156 Å². The van der Waals surface area contributed by atoms with Crippen molar-refractivity contribution in [2.45, 2.75) is 12.5 Å². The first kappa shape index (κ1) is 18.8. The van der Waals surface area contributed by atoms with Crippen LogP contribution in [0.25, 0.3) is 0 Å². The fraction of sp³-hybridized carbons (Fsp3) is 0.409. The molecule has 0 N–H and O–H groups in total. The Morgan fingerprint density at radius 2 is 1.50 bits per heavy atom. The lowest BCUT2D eigenvalue weighted by atomic mass is 10.1. The summed E-state index contributed by atoms with van der Waals surface area (Å²) in [4.78, 5) is 17.1. The summed E-state index contributed by atoms with van der Waals surface area (Å²) < 4.78 is 5.69. The van der Waals surface area contributed by atoms with Crippen LogP contribution in [-0.2, 0) is 4.74 Å². The fourth-order valence-electron chi connectivity index (χ4n) is 3.44. The molecule has 2 aromatic rings. The molecule has 1 aliphatic heterocycles. The van der Waals surface area contributed by atoms with Gasteiger partial charge in [-0.15, -0.1) is 0 Å². The van der Waals surface area contributed by atoms with Gasteiger partial charge in [0.15, 0.2) is 5.78 Å². The second kappa shape index (κ2) is 9.62. The third kappa shape index (κ3) is 5.24. The average molecular weight is 352 g/mol. The number of Topliss-reactive ketones (excluding diaryl/α,β-unsaturated/α-hetero) is 1. The number of ketones is 1. The SMILES string of the molecule is CO[C@@H](CN1CCN(CCC(=O)c2ccccc2)CC1)c1ccccc1. The summed E-state index contributed by atoms with van der Waals surface area (Å²) in [6.45, 7) is 5.81. The van der Waals surface area contributed by atoms with Gasteiger partial charge in [0.2, 0.25) is 0 Å². The highest BCUT2D eigenvalue weighted by Crippen LogP contribution is 2.18. The molecule has 1 aliphatic rings. The molecule has 4 nitrogen and oxygen atoms in total. The molecule has 0 unspecified atom stereocenters. The first-order valence-electron chi connectivity index (χ1n) is 9.37. The van der Waals surface area contributed by atoms with Crippen LogP contribution in [0, 0.1) is 0 Å². The number of carbonyl (C=O) groups excluding carboxylic acids is 1. The number of methoxy groups -OCH3 is 1. The summed E-state index contributed by atoms with van der Waals surface area (Å²) in [5, 5.41) is 0. The molecule has 3 rings (SSSR count). The Hall–Kier alpha value is -2.01. The van der Waals surface area contributed by atoms with Crippen molar-refractivity contribution in [3.8, 4) is 0 Å². The molecular formula is C22H28N2O2. The predicted octanol–water partition coefficient (Wildman–Crippen LogP) is 3.26. The molecule has 0 aromatic heterocycles. The molecule has 1 atom stereocenters. The zero-order valence-electron chi connectivity index (χ0n) is 15.5. The second-order valence-electron chi connectivity index (χ2n) is 6.82. The first-order chi connectivity index (χ1) is 12.8. The molecule has 0 radical (unpaired) electrons. The quantitative estimate of drug-likeness (QED) is 0.683. The van der Waals surface area contributed by atoms with Crippen molar-refractivity contribution in [2.75, 3.05) is 46.4 Å². The van der Waals surface area contributed by atoms with E-state index in [4.69, 9.17) is 4.74 Å². The van der Waals surface area contributed by atoms with Gasteiger partial charge in [-0.3, -0.25) is 9.69 Å². The summed E-state index contributed by atoms with van der Waals surface area (Å²) in [5.74, 6) is 0.233. The van der Waals surface area contributed by atoms with E-state index in [1.807, 2.05) is 36.4 Å². The maximum Gasteiger partial charge on any atom is 0.164 e. The third-order valence-electron chi connectivity index (χ3n) is 5.10. The van der Waals surface area contributed by atoms with E-state index in [0.29, 0.717) is 6.42 Å². The molecule has 26 heavy (non-hydrogen) atoms. The van der Waals surface area contributed by atoms with Crippen molar-refractivity contribution in [3.05, 3.63) is 71.8 Å². The molecule has 138 valence electrons. The van der Waals surface area contributed by atoms with E-state index in [2.05, 4.69) is 34.1 Å². The number of hydrogen-bond acceptors (Lipinski definition) is 4.